The molecule has 2 heterocycles. The third kappa shape index (κ3) is 4.90. The minimum atomic E-state index is -1.22. The van der Waals surface area contributed by atoms with Gasteiger partial charge in [0.1, 0.15) is 22.0 Å². The zero-order valence-corrected chi connectivity index (χ0v) is 21.1. The van der Waals surface area contributed by atoms with Gasteiger partial charge >= 0.3 is 0 Å². The number of nitrogens with zero attached hydrogens (tertiary/aromatic N) is 2. The van der Waals surface area contributed by atoms with Crippen LogP contribution in [0.1, 0.15) is 12.8 Å². The van der Waals surface area contributed by atoms with Gasteiger partial charge in [0.25, 0.3) is 0 Å². The number of carbonyl (C=O) groups is 2. The van der Waals surface area contributed by atoms with Gasteiger partial charge in [0.05, 0.1) is 31.6 Å². The average molecular weight is 537 g/mol. The van der Waals surface area contributed by atoms with Crippen LogP contribution in [0.4, 0.5) is 15.8 Å². The molecule has 0 unspecified atom stereocenters. The van der Waals surface area contributed by atoms with E-state index in [0.717, 1.165) is 0 Å². The Morgan fingerprint density at radius 1 is 0.895 bits per heavy atom. The monoisotopic (exact) mass is 536 g/mol. The molecule has 2 amide bonds. The summed E-state index contributed by atoms with van der Waals surface area (Å²) in [5.41, 5.74) is 0.112. The molecule has 11 heteroatoms. The molecular formula is C27H22ClFN4O5. The minimum Gasteiger partial charge on any atom is -0.493 e. The lowest BCUT2D eigenvalue weighted by Gasteiger charge is -2.16. The molecule has 0 saturated heterocycles. The quantitative estimate of drug-likeness (QED) is 0.282. The zero-order valence-electron chi connectivity index (χ0n) is 20.4. The molecule has 38 heavy (non-hydrogen) atoms. The van der Waals surface area contributed by atoms with E-state index in [4.69, 9.17) is 25.8 Å². The van der Waals surface area contributed by atoms with Gasteiger partial charge in [-0.15, -0.1) is 0 Å². The van der Waals surface area contributed by atoms with Gasteiger partial charge in [0.2, 0.25) is 17.7 Å². The molecule has 0 spiro atoms. The summed E-state index contributed by atoms with van der Waals surface area (Å²) in [4.78, 5) is 34.3. The smallest absolute Gasteiger partial charge is 0.240 e. The van der Waals surface area contributed by atoms with Crippen molar-refractivity contribution in [2.45, 2.75) is 12.8 Å². The number of nitrogens with one attached hydrogen (secondary N) is 2. The number of fused-ring (bicyclic) bond motifs is 1. The van der Waals surface area contributed by atoms with Crippen LogP contribution in [0.3, 0.4) is 0 Å². The predicted molar refractivity (Wildman–Crippen MR) is 139 cm³/mol. The normalized spacial score (nSPS) is 13.5. The summed E-state index contributed by atoms with van der Waals surface area (Å²) in [5.74, 6) is 0.226. The van der Waals surface area contributed by atoms with Gasteiger partial charge in [-0.3, -0.25) is 14.6 Å². The first-order valence-corrected chi connectivity index (χ1v) is 11.9. The van der Waals surface area contributed by atoms with Crippen molar-refractivity contribution in [1.29, 1.82) is 0 Å². The highest BCUT2D eigenvalue weighted by Crippen LogP contribution is 2.47. The highest BCUT2D eigenvalue weighted by Gasteiger charge is 2.56. The molecule has 1 aliphatic carbocycles. The van der Waals surface area contributed by atoms with Crippen LogP contribution >= 0.6 is 11.6 Å². The molecule has 0 aliphatic heterocycles. The SMILES string of the molecule is COc1cc2nccc(Oc3ncc(NC(=O)C4(C(=O)Nc5ccc(F)cc5)CC4)cc3Cl)c2cc1OC. The fourth-order valence-electron chi connectivity index (χ4n) is 3.93. The lowest BCUT2D eigenvalue weighted by Crippen LogP contribution is -2.35. The van der Waals surface area contributed by atoms with Crippen LogP contribution < -0.4 is 24.8 Å². The second-order valence-corrected chi connectivity index (χ2v) is 9.05. The van der Waals surface area contributed by atoms with Gasteiger partial charge in [-0.1, -0.05) is 11.6 Å². The van der Waals surface area contributed by atoms with Crippen molar-refractivity contribution >= 4 is 45.7 Å². The van der Waals surface area contributed by atoms with E-state index in [2.05, 4.69) is 20.6 Å². The summed E-state index contributed by atoms with van der Waals surface area (Å²) < 4.78 is 29.8. The standard InChI is InChI=1S/C27H22ClFN4O5/c1-36-22-12-18-20(13-23(22)37-2)30-10-7-21(18)38-24-19(28)11-17(14-31-24)33-26(35)27(8-9-27)25(34)32-16-5-3-15(29)4-6-16/h3-7,10-14H,8-9H2,1-2H3,(H,32,34)(H,33,35). The number of halogens is 2. The average Bonchev–Trinajstić information content (AvgIpc) is 3.73. The second kappa shape index (κ2) is 10.1. The maximum absolute atomic E-state index is 13.1. The number of hydrogen-bond donors (Lipinski definition) is 2. The largest absolute Gasteiger partial charge is 0.493 e. The molecular weight excluding hydrogens is 515 g/mol. The van der Waals surface area contributed by atoms with Crippen LogP contribution in [-0.4, -0.2) is 36.0 Å². The number of rotatable bonds is 8. The van der Waals surface area contributed by atoms with E-state index in [0.29, 0.717) is 52.4 Å². The number of ether oxygens (including phenoxy) is 3. The van der Waals surface area contributed by atoms with Gasteiger partial charge in [-0.2, -0.15) is 0 Å². The van der Waals surface area contributed by atoms with Crippen molar-refractivity contribution in [3.05, 3.63) is 71.8 Å². The Labute approximate surface area is 221 Å². The highest BCUT2D eigenvalue weighted by molar-refractivity contribution is 6.32. The first kappa shape index (κ1) is 25.2. The van der Waals surface area contributed by atoms with E-state index < -0.39 is 23.0 Å². The molecule has 194 valence electrons. The van der Waals surface area contributed by atoms with Crippen molar-refractivity contribution in [2.24, 2.45) is 5.41 Å². The molecule has 2 aromatic heterocycles. The van der Waals surface area contributed by atoms with Gasteiger partial charge in [0.15, 0.2) is 11.5 Å². The van der Waals surface area contributed by atoms with E-state index in [-0.39, 0.29) is 10.9 Å². The van der Waals surface area contributed by atoms with Crippen LogP contribution in [0.15, 0.2) is 60.9 Å². The first-order valence-electron chi connectivity index (χ1n) is 11.6. The molecule has 0 bridgehead atoms. The number of aromatic nitrogens is 2. The van der Waals surface area contributed by atoms with Crippen LogP contribution in [0.5, 0.6) is 23.1 Å². The summed E-state index contributed by atoms with van der Waals surface area (Å²) >= 11 is 6.42. The molecule has 1 saturated carbocycles. The lowest BCUT2D eigenvalue weighted by molar-refractivity contribution is -0.131. The van der Waals surface area contributed by atoms with Crippen molar-refractivity contribution in [3.8, 4) is 23.1 Å². The van der Waals surface area contributed by atoms with Crippen LogP contribution in [0, 0.1) is 11.2 Å². The van der Waals surface area contributed by atoms with Crippen molar-refractivity contribution in [1.82, 2.24) is 9.97 Å². The Morgan fingerprint density at radius 3 is 2.18 bits per heavy atom. The molecule has 1 fully saturated rings. The number of methoxy groups -OCH3 is 2. The fraction of sp³-hybridized carbons (Fsp3) is 0.185. The summed E-state index contributed by atoms with van der Waals surface area (Å²) in [5, 5.41) is 6.18. The number of anilines is 2. The predicted octanol–water partition coefficient (Wildman–Crippen LogP) is 5.59. The molecule has 5 rings (SSSR count). The van der Waals surface area contributed by atoms with Crippen molar-refractivity contribution in [3.63, 3.8) is 0 Å². The molecule has 4 aromatic rings. The molecule has 1 aliphatic rings. The third-order valence-electron chi connectivity index (χ3n) is 6.20. The van der Waals surface area contributed by atoms with Crippen LogP contribution in [0.25, 0.3) is 10.9 Å². The molecule has 9 nitrogen and oxygen atoms in total. The minimum absolute atomic E-state index is 0.113. The third-order valence-corrected chi connectivity index (χ3v) is 6.47. The topological polar surface area (TPSA) is 112 Å². The van der Waals surface area contributed by atoms with Gasteiger partial charge in [-0.25, -0.2) is 9.37 Å². The Kier molecular flexibility index (Phi) is 6.73. The van der Waals surface area contributed by atoms with E-state index >= 15 is 0 Å². The van der Waals surface area contributed by atoms with Gasteiger partial charge in [-0.05, 0) is 55.3 Å². The van der Waals surface area contributed by atoms with Crippen LogP contribution in [0.2, 0.25) is 5.02 Å². The number of hydrogen-bond acceptors (Lipinski definition) is 7. The van der Waals surface area contributed by atoms with E-state index in [1.807, 2.05) is 0 Å². The molecule has 2 N–H and O–H groups in total. The van der Waals surface area contributed by atoms with E-state index in [1.165, 1.54) is 50.7 Å². The molecule has 2 aromatic carbocycles. The number of amides is 2. The Morgan fingerprint density at radius 2 is 1.55 bits per heavy atom. The summed E-state index contributed by atoms with van der Waals surface area (Å²) in [7, 11) is 3.07. The maximum Gasteiger partial charge on any atom is 0.240 e. The molecule has 0 atom stereocenters. The Bertz CT molecular complexity index is 1540. The number of benzene rings is 2. The second-order valence-electron chi connectivity index (χ2n) is 8.64. The summed E-state index contributed by atoms with van der Waals surface area (Å²) in [6, 6.07) is 12.0. The number of carbonyl (C=O) groups excluding carboxylic acids is 2. The summed E-state index contributed by atoms with van der Waals surface area (Å²) in [6.07, 6.45) is 3.74. The summed E-state index contributed by atoms with van der Waals surface area (Å²) in [6.45, 7) is 0. The van der Waals surface area contributed by atoms with Gasteiger partial charge in [0, 0.05) is 23.3 Å². The van der Waals surface area contributed by atoms with E-state index in [1.54, 1.807) is 24.4 Å². The van der Waals surface area contributed by atoms with E-state index in [9.17, 15) is 14.0 Å². The Hall–Kier alpha value is -4.44. The van der Waals surface area contributed by atoms with Crippen LogP contribution in [-0.2, 0) is 9.59 Å². The highest BCUT2D eigenvalue weighted by atomic mass is 35.5. The number of pyridine rings is 2. The van der Waals surface area contributed by atoms with Crippen molar-refractivity contribution in [2.75, 3.05) is 24.9 Å². The van der Waals surface area contributed by atoms with Crippen molar-refractivity contribution < 1.29 is 28.2 Å². The first-order chi connectivity index (χ1) is 18.3. The molecule has 0 radical (unpaired) electrons. The lowest BCUT2D eigenvalue weighted by atomic mass is 10.0. The zero-order chi connectivity index (χ0) is 26.9. The maximum atomic E-state index is 13.1. The van der Waals surface area contributed by atoms with Gasteiger partial charge < -0.3 is 24.8 Å². The fourth-order valence-corrected chi connectivity index (χ4v) is 4.13. The Balaban J connectivity index is 1.31.